The van der Waals surface area contributed by atoms with Gasteiger partial charge >= 0.3 is 0 Å². The topological polar surface area (TPSA) is 78.5 Å². The Hall–Kier alpha value is -1.69. The molecule has 5 heteroatoms. The lowest BCUT2D eigenvalue weighted by Crippen LogP contribution is -2.54. The minimum Gasteiger partial charge on any atom is -0.393 e. The van der Waals surface area contributed by atoms with Crippen LogP contribution in [0.5, 0.6) is 0 Å². The molecule has 150 valence electrons. The third-order valence-corrected chi connectivity index (χ3v) is 7.72. The van der Waals surface area contributed by atoms with Crippen LogP contribution in [0.3, 0.4) is 0 Å². The summed E-state index contributed by atoms with van der Waals surface area (Å²) in [5.41, 5.74) is 2.42. The van der Waals surface area contributed by atoms with E-state index in [1.165, 1.54) is 11.1 Å². The van der Waals surface area contributed by atoms with E-state index in [2.05, 4.69) is 34.7 Å². The molecule has 2 heterocycles. The van der Waals surface area contributed by atoms with E-state index in [0.29, 0.717) is 19.3 Å². The molecular formula is C23H30N2O3. The zero-order valence-electron chi connectivity index (χ0n) is 16.5. The normalized spacial score (nSPS) is 37.4. The van der Waals surface area contributed by atoms with Crippen molar-refractivity contribution in [3.8, 4) is 11.3 Å². The molecule has 1 aromatic heterocycles. The molecule has 0 saturated heterocycles. The van der Waals surface area contributed by atoms with Crippen LogP contribution >= 0.6 is 0 Å². The number of aliphatic hydroxyl groups excluding tert-OH is 2. The number of benzene rings is 1. The molecule has 1 aromatic carbocycles. The van der Waals surface area contributed by atoms with Gasteiger partial charge < -0.3 is 19.9 Å². The minimum absolute atomic E-state index is 0.0779. The van der Waals surface area contributed by atoms with Crippen LogP contribution in [-0.4, -0.2) is 42.7 Å². The lowest BCUT2D eigenvalue weighted by Gasteiger charge is -2.54. The molecular weight excluding hydrogens is 352 g/mol. The standard InChI is InChI=1S/C23H30N2O3/c1-2-22(9-15-7-16(26)11-23(28,10-15)13-22)21(27)8-19-17-5-3-4-6-18(17)20-12-24-14-25(19)20/h3-6,12,14-16,19,21,26-28H,2,7-11,13H2,1H3/t15?,16?,19-,21-,22?,23?/m1/s1. The Morgan fingerprint density at radius 3 is 2.86 bits per heavy atom. The molecule has 2 fully saturated rings. The van der Waals surface area contributed by atoms with E-state index >= 15 is 0 Å². The van der Waals surface area contributed by atoms with E-state index in [4.69, 9.17) is 0 Å². The summed E-state index contributed by atoms with van der Waals surface area (Å²) in [6.45, 7) is 2.13. The molecule has 0 amide bonds. The second kappa shape index (κ2) is 6.41. The molecule has 4 unspecified atom stereocenters. The van der Waals surface area contributed by atoms with Crippen LogP contribution in [0.2, 0.25) is 0 Å². The molecule has 2 bridgehead atoms. The van der Waals surface area contributed by atoms with E-state index in [-0.39, 0.29) is 17.4 Å². The number of hydrogen-bond acceptors (Lipinski definition) is 4. The zero-order chi connectivity index (χ0) is 19.5. The van der Waals surface area contributed by atoms with Crippen molar-refractivity contribution in [2.45, 2.75) is 75.7 Å². The maximum atomic E-state index is 11.5. The molecule has 5 rings (SSSR count). The van der Waals surface area contributed by atoms with Gasteiger partial charge in [-0.25, -0.2) is 4.98 Å². The number of hydrogen-bond donors (Lipinski definition) is 3. The molecule has 3 aliphatic rings. The molecule has 0 spiro atoms. The summed E-state index contributed by atoms with van der Waals surface area (Å²) in [6, 6.07) is 8.46. The molecule has 3 N–H and O–H groups in total. The summed E-state index contributed by atoms with van der Waals surface area (Å²) in [5.74, 6) is 0.289. The molecule has 6 atom stereocenters. The van der Waals surface area contributed by atoms with Gasteiger partial charge in [-0.05, 0) is 55.4 Å². The summed E-state index contributed by atoms with van der Waals surface area (Å²) in [7, 11) is 0. The summed E-state index contributed by atoms with van der Waals surface area (Å²) < 4.78 is 2.18. The minimum atomic E-state index is -0.842. The Bertz CT molecular complexity index is 876. The SMILES string of the molecule is CCC1([C@H](O)C[C@@H]2c3ccccc3-c3cncn32)CC2CC(O)CC(O)(C2)C1. The van der Waals surface area contributed by atoms with Crippen molar-refractivity contribution < 1.29 is 15.3 Å². The van der Waals surface area contributed by atoms with Gasteiger partial charge in [0.05, 0.1) is 42.1 Å². The molecule has 28 heavy (non-hydrogen) atoms. The van der Waals surface area contributed by atoms with E-state index in [0.717, 1.165) is 31.4 Å². The van der Waals surface area contributed by atoms with Crippen LogP contribution in [0.1, 0.15) is 63.5 Å². The Morgan fingerprint density at radius 1 is 1.25 bits per heavy atom. The van der Waals surface area contributed by atoms with Crippen LogP contribution in [0, 0.1) is 11.3 Å². The molecule has 1 aliphatic heterocycles. The summed E-state index contributed by atoms with van der Waals surface area (Å²) >= 11 is 0. The monoisotopic (exact) mass is 382 g/mol. The molecule has 2 aliphatic carbocycles. The van der Waals surface area contributed by atoms with E-state index in [1.807, 2.05) is 18.6 Å². The molecule has 2 aromatic rings. The second-order valence-corrected chi connectivity index (χ2v) is 9.53. The van der Waals surface area contributed by atoms with Crippen molar-refractivity contribution in [1.82, 2.24) is 9.55 Å². The van der Waals surface area contributed by atoms with Gasteiger partial charge in [0, 0.05) is 12.0 Å². The van der Waals surface area contributed by atoms with Gasteiger partial charge in [-0.2, -0.15) is 0 Å². The zero-order valence-corrected chi connectivity index (χ0v) is 16.5. The Kier molecular flexibility index (Phi) is 4.20. The quantitative estimate of drug-likeness (QED) is 0.758. The van der Waals surface area contributed by atoms with Crippen LogP contribution in [0.4, 0.5) is 0 Å². The van der Waals surface area contributed by atoms with Gasteiger partial charge in [0.25, 0.3) is 0 Å². The maximum absolute atomic E-state index is 11.5. The van der Waals surface area contributed by atoms with Crippen molar-refractivity contribution in [1.29, 1.82) is 0 Å². The van der Waals surface area contributed by atoms with Crippen molar-refractivity contribution in [2.75, 3.05) is 0 Å². The third-order valence-electron chi connectivity index (χ3n) is 7.72. The highest BCUT2D eigenvalue weighted by Crippen LogP contribution is 2.55. The molecule has 2 saturated carbocycles. The highest BCUT2D eigenvalue weighted by atomic mass is 16.3. The number of imidazole rings is 1. The smallest absolute Gasteiger partial charge is 0.0956 e. The Labute approximate surface area is 166 Å². The van der Waals surface area contributed by atoms with Crippen molar-refractivity contribution in [2.24, 2.45) is 11.3 Å². The van der Waals surface area contributed by atoms with Gasteiger partial charge in [-0.1, -0.05) is 31.2 Å². The van der Waals surface area contributed by atoms with Crippen molar-refractivity contribution in [3.63, 3.8) is 0 Å². The first-order valence-corrected chi connectivity index (χ1v) is 10.6. The summed E-state index contributed by atoms with van der Waals surface area (Å²) in [5, 5.41) is 32.8. The van der Waals surface area contributed by atoms with Gasteiger partial charge in [0.2, 0.25) is 0 Å². The maximum Gasteiger partial charge on any atom is 0.0956 e. The van der Waals surface area contributed by atoms with Gasteiger partial charge in [-0.3, -0.25) is 0 Å². The number of aliphatic hydroxyl groups is 3. The Morgan fingerprint density at radius 2 is 2.07 bits per heavy atom. The highest BCUT2D eigenvalue weighted by Gasteiger charge is 2.53. The number of fused-ring (bicyclic) bond motifs is 5. The van der Waals surface area contributed by atoms with E-state index in [1.54, 1.807) is 0 Å². The van der Waals surface area contributed by atoms with Crippen LogP contribution in [0.25, 0.3) is 11.3 Å². The number of rotatable bonds is 4. The number of nitrogens with zero attached hydrogens (tertiary/aromatic N) is 2. The van der Waals surface area contributed by atoms with Gasteiger partial charge in [0.1, 0.15) is 0 Å². The predicted octanol–water partition coefficient (Wildman–Crippen LogP) is 3.29. The average molecular weight is 383 g/mol. The second-order valence-electron chi connectivity index (χ2n) is 9.53. The van der Waals surface area contributed by atoms with E-state index in [9.17, 15) is 15.3 Å². The van der Waals surface area contributed by atoms with Gasteiger partial charge in [-0.15, -0.1) is 0 Å². The lowest BCUT2D eigenvalue weighted by molar-refractivity contribution is -0.161. The van der Waals surface area contributed by atoms with Crippen molar-refractivity contribution >= 4 is 0 Å². The third kappa shape index (κ3) is 2.75. The van der Waals surface area contributed by atoms with Gasteiger partial charge in [0.15, 0.2) is 0 Å². The molecule has 5 nitrogen and oxygen atoms in total. The first-order valence-electron chi connectivity index (χ1n) is 10.6. The molecule has 0 radical (unpaired) electrons. The van der Waals surface area contributed by atoms with E-state index < -0.39 is 17.8 Å². The first kappa shape index (κ1) is 18.3. The largest absolute Gasteiger partial charge is 0.393 e. The van der Waals surface area contributed by atoms with Crippen LogP contribution in [-0.2, 0) is 0 Å². The first-order chi connectivity index (χ1) is 13.4. The lowest BCUT2D eigenvalue weighted by atomic mass is 9.55. The Balaban J connectivity index is 1.44. The fraction of sp³-hybridized carbons (Fsp3) is 0.609. The summed E-state index contributed by atoms with van der Waals surface area (Å²) in [4.78, 5) is 4.33. The fourth-order valence-corrected chi connectivity index (χ4v) is 6.61. The van der Waals surface area contributed by atoms with Crippen LogP contribution in [0.15, 0.2) is 36.8 Å². The highest BCUT2D eigenvalue weighted by molar-refractivity contribution is 5.68. The van der Waals surface area contributed by atoms with Crippen LogP contribution < -0.4 is 0 Å². The fourth-order valence-electron chi connectivity index (χ4n) is 6.61. The predicted molar refractivity (Wildman–Crippen MR) is 107 cm³/mol. The average Bonchev–Trinajstić information content (AvgIpc) is 3.22. The number of aromatic nitrogens is 2. The van der Waals surface area contributed by atoms with Crippen molar-refractivity contribution in [3.05, 3.63) is 42.4 Å². The summed E-state index contributed by atoms with van der Waals surface area (Å²) in [6.07, 6.45) is 7.72.